The van der Waals surface area contributed by atoms with E-state index in [-0.39, 0.29) is 0 Å². The first-order chi connectivity index (χ1) is 10.4. The molecule has 0 bridgehead atoms. The van der Waals surface area contributed by atoms with E-state index in [4.69, 9.17) is 0 Å². The Morgan fingerprint density at radius 2 is 1.95 bits per heavy atom. The zero-order valence-corrected chi connectivity index (χ0v) is 14.2. The molecule has 1 fully saturated rings. The van der Waals surface area contributed by atoms with Gasteiger partial charge in [0, 0.05) is 12.6 Å². The second-order valence-electron chi connectivity index (χ2n) is 5.98. The first-order valence-corrected chi connectivity index (χ1v) is 9.79. The van der Waals surface area contributed by atoms with Crippen LogP contribution in [-0.4, -0.2) is 43.1 Å². The summed E-state index contributed by atoms with van der Waals surface area (Å²) in [4.78, 5) is 2.66. The number of benzene rings is 1. The Bertz CT molecular complexity index is 369. The number of hydrogen-bond acceptors (Lipinski definition) is 3. The van der Waals surface area contributed by atoms with Crippen molar-refractivity contribution in [2.75, 3.05) is 38.2 Å². The smallest absolute Gasteiger partial charge is 0.0449 e. The number of nitrogens with one attached hydrogen (secondary N) is 1. The van der Waals surface area contributed by atoms with Crippen LogP contribution in [0.15, 0.2) is 30.3 Å². The molecule has 0 aliphatic carbocycles. The van der Waals surface area contributed by atoms with Crippen molar-refractivity contribution in [1.82, 2.24) is 10.2 Å². The van der Waals surface area contributed by atoms with Gasteiger partial charge in [0.15, 0.2) is 0 Å². The van der Waals surface area contributed by atoms with Gasteiger partial charge in [-0.15, -0.1) is 0 Å². The highest BCUT2D eigenvalue weighted by atomic mass is 32.2. The molecule has 1 aromatic carbocycles. The van der Waals surface area contributed by atoms with Gasteiger partial charge >= 0.3 is 0 Å². The van der Waals surface area contributed by atoms with Gasteiger partial charge in [-0.25, -0.2) is 0 Å². The Morgan fingerprint density at radius 3 is 2.76 bits per heavy atom. The summed E-state index contributed by atoms with van der Waals surface area (Å²) in [5, 5.41) is 3.70. The van der Waals surface area contributed by atoms with Crippen LogP contribution in [-0.2, 0) is 0 Å². The third kappa shape index (κ3) is 6.41. The van der Waals surface area contributed by atoms with Gasteiger partial charge in [-0.3, -0.25) is 0 Å². The molecule has 1 heterocycles. The Labute approximate surface area is 134 Å². The van der Waals surface area contributed by atoms with Gasteiger partial charge in [-0.05, 0) is 56.5 Å². The molecule has 1 saturated heterocycles. The van der Waals surface area contributed by atoms with Crippen molar-refractivity contribution in [3.05, 3.63) is 35.9 Å². The van der Waals surface area contributed by atoms with Crippen molar-refractivity contribution < 1.29 is 0 Å². The van der Waals surface area contributed by atoms with Gasteiger partial charge in [0.2, 0.25) is 0 Å². The molecule has 0 radical (unpaired) electrons. The molecule has 1 atom stereocenters. The molecule has 0 spiro atoms. The topological polar surface area (TPSA) is 15.3 Å². The van der Waals surface area contributed by atoms with Crippen molar-refractivity contribution in [3.63, 3.8) is 0 Å². The fourth-order valence-corrected chi connectivity index (χ4v) is 3.53. The zero-order valence-electron chi connectivity index (χ0n) is 13.4. The van der Waals surface area contributed by atoms with Crippen LogP contribution in [0, 0.1) is 0 Å². The van der Waals surface area contributed by atoms with E-state index in [1.807, 2.05) is 11.8 Å². The number of hydrogen-bond donors (Lipinski definition) is 1. The van der Waals surface area contributed by atoms with Crippen LogP contribution < -0.4 is 5.32 Å². The molecule has 1 aromatic rings. The van der Waals surface area contributed by atoms with Gasteiger partial charge in [0.05, 0.1) is 0 Å². The molecule has 0 amide bonds. The van der Waals surface area contributed by atoms with Crippen LogP contribution in [0.25, 0.3) is 0 Å². The number of unbranched alkanes of at least 4 members (excludes halogenated alkanes) is 3. The highest BCUT2D eigenvalue weighted by Gasteiger charge is 2.18. The van der Waals surface area contributed by atoms with Crippen LogP contribution in [0.4, 0.5) is 0 Å². The van der Waals surface area contributed by atoms with Crippen molar-refractivity contribution in [3.8, 4) is 0 Å². The molecule has 1 aliphatic heterocycles. The van der Waals surface area contributed by atoms with Gasteiger partial charge in [0.1, 0.15) is 0 Å². The SMILES string of the molecule is CSCCCCCCN1CCCNC(c2ccccc2)C1. The standard InChI is InChI=1S/C18H30N2S/c1-21-15-8-3-2-7-13-20-14-9-12-19-18(16-20)17-10-5-4-6-11-17/h4-6,10-11,18-19H,2-3,7-9,12-16H2,1H3. The summed E-state index contributed by atoms with van der Waals surface area (Å²) in [6.45, 7) is 4.82. The van der Waals surface area contributed by atoms with E-state index in [0.717, 1.165) is 13.1 Å². The van der Waals surface area contributed by atoms with Crippen LogP contribution in [0.5, 0.6) is 0 Å². The normalized spacial score (nSPS) is 20.3. The molecule has 1 aliphatic rings. The summed E-state index contributed by atoms with van der Waals surface area (Å²) in [6, 6.07) is 11.4. The Kier molecular flexibility index (Phi) is 8.23. The summed E-state index contributed by atoms with van der Waals surface area (Å²) in [7, 11) is 0. The average molecular weight is 307 g/mol. The molecule has 118 valence electrons. The van der Waals surface area contributed by atoms with Gasteiger partial charge < -0.3 is 10.2 Å². The van der Waals surface area contributed by atoms with Crippen LogP contribution >= 0.6 is 11.8 Å². The Balaban J connectivity index is 1.72. The van der Waals surface area contributed by atoms with Gasteiger partial charge in [-0.1, -0.05) is 43.2 Å². The number of rotatable bonds is 8. The number of thioether (sulfide) groups is 1. The molecule has 21 heavy (non-hydrogen) atoms. The van der Waals surface area contributed by atoms with Gasteiger partial charge in [-0.2, -0.15) is 11.8 Å². The van der Waals surface area contributed by atoms with E-state index >= 15 is 0 Å². The van der Waals surface area contributed by atoms with Crippen LogP contribution in [0.1, 0.15) is 43.7 Å². The Morgan fingerprint density at radius 1 is 1.14 bits per heavy atom. The Hall–Kier alpha value is -0.510. The van der Waals surface area contributed by atoms with Crippen molar-refractivity contribution in [2.45, 2.75) is 38.1 Å². The van der Waals surface area contributed by atoms with Gasteiger partial charge in [0.25, 0.3) is 0 Å². The molecular weight excluding hydrogens is 276 g/mol. The minimum Gasteiger partial charge on any atom is -0.309 e. The second-order valence-corrected chi connectivity index (χ2v) is 6.96. The third-order valence-corrected chi connectivity index (χ3v) is 4.95. The lowest BCUT2D eigenvalue weighted by molar-refractivity contribution is 0.262. The lowest BCUT2D eigenvalue weighted by Gasteiger charge is -2.24. The predicted molar refractivity (Wildman–Crippen MR) is 95.1 cm³/mol. The van der Waals surface area contributed by atoms with E-state index in [2.05, 4.69) is 46.8 Å². The quantitative estimate of drug-likeness (QED) is 0.732. The summed E-state index contributed by atoms with van der Waals surface area (Å²) >= 11 is 1.97. The largest absolute Gasteiger partial charge is 0.309 e. The fraction of sp³-hybridized carbons (Fsp3) is 0.667. The van der Waals surface area contributed by atoms with Crippen molar-refractivity contribution in [1.29, 1.82) is 0 Å². The predicted octanol–water partition coefficient (Wildman–Crippen LogP) is 3.95. The summed E-state index contributed by atoms with van der Waals surface area (Å²) < 4.78 is 0. The summed E-state index contributed by atoms with van der Waals surface area (Å²) in [5.41, 5.74) is 1.43. The minimum atomic E-state index is 0.505. The van der Waals surface area contributed by atoms with Crippen LogP contribution in [0.3, 0.4) is 0 Å². The highest BCUT2D eigenvalue weighted by Crippen LogP contribution is 2.17. The second kappa shape index (κ2) is 10.3. The molecular formula is C18H30N2S. The van der Waals surface area contributed by atoms with Crippen molar-refractivity contribution in [2.24, 2.45) is 0 Å². The maximum Gasteiger partial charge on any atom is 0.0449 e. The molecule has 1 unspecified atom stereocenters. The van der Waals surface area contributed by atoms with E-state index < -0.39 is 0 Å². The highest BCUT2D eigenvalue weighted by molar-refractivity contribution is 7.98. The molecule has 2 rings (SSSR count). The lowest BCUT2D eigenvalue weighted by atomic mass is 10.1. The number of nitrogens with zero attached hydrogens (tertiary/aromatic N) is 1. The lowest BCUT2D eigenvalue weighted by Crippen LogP contribution is -2.32. The van der Waals surface area contributed by atoms with E-state index in [0.29, 0.717) is 6.04 Å². The third-order valence-electron chi connectivity index (χ3n) is 4.26. The molecule has 0 aromatic heterocycles. The molecule has 1 N–H and O–H groups in total. The average Bonchev–Trinajstić information content (AvgIpc) is 2.77. The zero-order chi connectivity index (χ0) is 14.8. The monoisotopic (exact) mass is 306 g/mol. The van der Waals surface area contributed by atoms with E-state index in [1.54, 1.807) is 0 Å². The van der Waals surface area contributed by atoms with E-state index in [9.17, 15) is 0 Å². The van der Waals surface area contributed by atoms with E-state index in [1.165, 1.54) is 56.5 Å². The first-order valence-electron chi connectivity index (χ1n) is 8.40. The molecule has 2 nitrogen and oxygen atoms in total. The fourth-order valence-electron chi connectivity index (χ4n) is 3.04. The summed E-state index contributed by atoms with van der Waals surface area (Å²) in [6.07, 6.45) is 9.00. The van der Waals surface area contributed by atoms with Crippen molar-refractivity contribution >= 4 is 11.8 Å². The first kappa shape index (κ1) is 16.9. The summed E-state index contributed by atoms with van der Waals surface area (Å²) in [5.74, 6) is 1.32. The van der Waals surface area contributed by atoms with Crippen LogP contribution in [0.2, 0.25) is 0 Å². The maximum atomic E-state index is 3.70. The maximum absolute atomic E-state index is 3.70. The minimum absolute atomic E-state index is 0.505. The molecule has 0 saturated carbocycles. The molecule has 3 heteroatoms.